The monoisotopic (exact) mass is 265 g/mol. The maximum atomic E-state index is 12.7. The molecular formula is C15H23NO3. The molecule has 0 aromatic carbocycles. The fraction of sp³-hybridized carbons (Fsp3) is 0.800. The Balaban J connectivity index is 1.78. The van der Waals surface area contributed by atoms with Crippen molar-refractivity contribution < 1.29 is 14.3 Å². The molecule has 4 heteroatoms. The molecule has 2 fully saturated rings. The fourth-order valence-electron chi connectivity index (χ4n) is 3.67. The highest BCUT2D eigenvalue weighted by atomic mass is 16.5. The maximum Gasteiger partial charge on any atom is 0.249 e. The van der Waals surface area contributed by atoms with E-state index in [9.17, 15) is 4.79 Å². The van der Waals surface area contributed by atoms with Gasteiger partial charge in [0.25, 0.3) is 0 Å². The molecule has 19 heavy (non-hydrogen) atoms. The molecule has 0 aromatic heterocycles. The van der Waals surface area contributed by atoms with E-state index in [0.717, 1.165) is 37.7 Å². The zero-order valence-corrected chi connectivity index (χ0v) is 11.6. The number of nitrogens with zero attached hydrogens (tertiary/aromatic N) is 1. The van der Waals surface area contributed by atoms with Gasteiger partial charge in [-0.25, -0.2) is 0 Å². The molecule has 1 saturated carbocycles. The normalized spacial score (nSPS) is 34.9. The molecule has 1 amide bonds. The van der Waals surface area contributed by atoms with Crippen LogP contribution in [0.3, 0.4) is 0 Å². The minimum atomic E-state index is 0.0515. The van der Waals surface area contributed by atoms with Crippen molar-refractivity contribution in [1.82, 2.24) is 4.90 Å². The van der Waals surface area contributed by atoms with Gasteiger partial charge in [-0.2, -0.15) is 0 Å². The first-order chi connectivity index (χ1) is 9.31. The van der Waals surface area contributed by atoms with E-state index in [2.05, 4.69) is 6.08 Å². The fourth-order valence-corrected chi connectivity index (χ4v) is 3.67. The van der Waals surface area contributed by atoms with Crippen molar-refractivity contribution in [2.75, 3.05) is 20.3 Å². The molecule has 2 aliphatic carbocycles. The largest absolute Gasteiger partial charge is 0.377 e. The highest BCUT2D eigenvalue weighted by molar-refractivity contribution is 5.93. The summed E-state index contributed by atoms with van der Waals surface area (Å²) in [5.41, 5.74) is 1.01. The summed E-state index contributed by atoms with van der Waals surface area (Å²) in [6, 6.07) is 0.202. The highest BCUT2D eigenvalue weighted by Gasteiger charge is 2.44. The lowest BCUT2D eigenvalue weighted by molar-refractivity contribution is -0.131. The second-order valence-electron chi connectivity index (χ2n) is 5.73. The molecule has 1 aliphatic heterocycles. The molecule has 3 aliphatic rings. The van der Waals surface area contributed by atoms with E-state index < -0.39 is 0 Å². The number of hydrogen-bond donors (Lipinski definition) is 0. The van der Waals surface area contributed by atoms with E-state index >= 15 is 0 Å². The summed E-state index contributed by atoms with van der Waals surface area (Å²) in [5, 5.41) is 0. The quantitative estimate of drug-likeness (QED) is 0.765. The number of methoxy groups -OCH3 is 1. The lowest BCUT2D eigenvalue weighted by Crippen LogP contribution is -2.46. The van der Waals surface area contributed by atoms with Crippen LogP contribution < -0.4 is 0 Å². The van der Waals surface area contributed by atoms with Gasteiger partial charge in [0, 0.05) is 19.2 Å². The van der Waals surface area contributed by atoms with Gasteiger partial charge in [0.2, 0.25) is 5.91 Å². The third kappa shape index (κ3) is 2.43. The van der Waals surface area contributed by atoms with Crippen molar-refractivity contribution in [2.24, 2.45) is 0 Å². The van der Waals surface area contributed by atoms with Gasteiger partial charge >= 0.3 is 0 Å². The van der Waals surface area contributed by atoms with Crippen LogP contribution in [0.2, 0.25) is 0 Å². The zero-order valence-electron chi connectivity index (χ0n) is 11.6. The smallest absolute Gasteiger partial charge is 0.249 e. The zero-order chi connectivity index (χ0) is 13.2. The maximum absolute atomic E-state index is 12.7. The molecular weight excluding hydrogens is 242 g/mol. The summed E-state index contributed by atoms with van der Waals surface area (Å²) < 4.78 is 11.4. The van der Waals surface area contributed by atoms with Gasteiger partial charge in [0.15, 0.2) is 0 Å². The second kappa shape index (κ2) is 5.63. The summed E-state index contributed by atoms with van der Waals surface area (Å²) >= 11 is 0. The Kier molecular flexibility index (Phi) is 3.89. The molecule has 0 unspecified atom stereocenters. The minimum absolute atomic E-state index is 0.0515. The van der Waals surface area contributed by atoms with Gasteiger partial charge in [-0.05, 0) is 38.5 Å². The first kappa shape index (κ1) is 13.1. The van der Waals surface area contributed by atoms with Crippen LogP contribution in [0.4, 0.5) is 0 Å². The van der Waals surface area contributed by atoms with Gasteiger partial charge in [-0.3, -0.25) is 4.79 Å². The average Bonchev–Trinajstić information content (AvgIpc) is 2.75. The second-order valence-corrected chi connectivity index (χ2v) is 5.73. The predicted octanol–water partition coefficient (Wildman–Crippen LogP) is 1.89. The molecule has 106 valence electrons. The van der Waals surface area contributed by atoms with Crippen LogP contribution in [0, 0.1) is 0 Å². The van der Waals surface area contributed by atoms with Crippen LogP contribution >= 0.6 is 0 Å². The van der Waals surface area contributed by atoms with Crippen LogP contribution in [-0.4, -0.2) is 49.3 Å². The minimum Gasteiger partial charge on any atom is -0.377 e. The molecule has 3 atom stereocenters. The Labute approximate surface area is 114 Å². The summed E-state index contributed by atoms with van der Waals surface area (Å²) in [6.07, 6.45) is 8.70. The predicted molar refractivity (Wildman–Crippen MR) is 71.8 cm³/mol. The number of carbonyl (C=O) groups is 1. The molecule has 0 aromatic rings. The first-order valence-electron chi connectivity index (χ1n) is 7.45. The third-order valence-corrected chi connectivity index (χ3v) is 4.66. The number of fused-ring (bicyclic) bond motifs is 2. The summed E-state index contributed by atoms with van der Waals surface area (Å²) in [6.45, 7) is 1.34. The number of hydrogen-bond acceptors (Lipinski definition) is 3. The van der Waals surface area contributed by atoms with Gasteiger partial charge in [0.05, 0.1) is 18.8 Å². The van der Waals surface area contributed by atoms with Crippen molar-refractivity contribution >= 4 is 5.91 Å². The number of carbonyl (C=O) groups excluding carboxylic acids is 1. The van der Waals surface area contributed by atoms with E-state index in [1.54, 1.807) is 7.11 Å². The summed E-state index contributed by atoms with van der Waals surface area (Å²) in [4.78, 5) is 14.7. The van der Waals surface area contributed by atoms with E-state index in [1.807, 2.05) is 4.90 Å². The van der Waals surface area contributed by atoms with Crippen molar-refractivity contribution in [3.05, 3.63) is 11.6 Å². The lowest BCUT2D eigenvalue weighted by atomic mass is 9.97. The van der Waals surface area contributed by atoms with Crippen LogP contribution in [0.15, 0.2) is 11.6 Å². The van der Waals surface area contributed by atoms with Gasteiger partial charge in [0.1, 0.15) is 6.10 Å². The summed E-state index contributed by atoms with van der Waals surface area (Å²) in [5.74, 6) is 0.220. The van der Waals surface area contributed by atoms with Crippen LogP contribution in [0.1, 0.15) is 38.5 Å². The molecule has 3 rings (SSSR count). The number of allylic oxidation sites excluding steroid dienone is 1. The molecule has 1 heterocycles. The lowest BCUT2D eigenvalue weighted by Gasteiger charge is -2.32. The van der Waals surface area contributed by atoms with Crippen molar-refractivity contribution in [3.63, 3.8) is 0 Å². The average molecular weight is 265 g/mol. The molecule has 0 N–H and O–H groups in total. The van der Waals surface area contributed by atoms with E-state index in [0.29, 0.717) is 13.2 Å². The number of ether oxygens (including phenoxy) is 2. The number of rotatable bonds is 2. The first-order valence-corrected chi connectivity index (χ1v) is 7.45. The molecule has 0 spiro atoms. The van der Waals surface area contributed by atoms with Crippen molar-refractivity contribution in [2.45, 2.75) is 56.8 Å². The van der Waals surface area contributed by atoms with Crippen LogP contribution in [0.25, 0.3) is 0 Å². The Bertz CT molecular complexity index is 380. The van der Waals surface area contributed by atoms with E-state index in [4.69, 9.17) is 9.47 Å². The molecule has 2 bridgehead atoms. The van der Waals surface area contributed by atoms with Crippen LogP contribution in [-0.2, 0) is 14.3 Å². The van der Waals surface area contributed by atoms with Gasteiger partial charge in [-0.15, -0.1) is 0 Å². The summed E-state index contributed by atoms with van der Waals surface area (Å²) in [7, 11) is 1.73. The van der Waals surface area contributed by atoms with Crippen molar-refractivity contribution in [3.8, 4) is 0 Å². The van der Waals surface area contributed by atoms with E-state index in [1.165, 1.54) is 6.42 Å². The standard InChI is InChI=1S/C15H23NO3/c1-18-14-12-7-8-13(14)19-10-9-16(12)15(17)11-5-3-2-4-6-11/h5,12-14H,2-4,6-10H2,1H3/t12-,13-,14+/m1/s1. The Morgan fingerprint density at radius 3 is 3.05 bits per heavy atom. The topological polar surface area (TPSA) is 38.8 Å². The molecule has 4 nitrogen and oxygen atoms in total. The Hall–Kier alpha value is -0.870. The van der Waals surface area contributed by atoms with Gasteiger partial charge < -0.3 is 14.4 Å². The third-order valence-electron chi connectivity index (χ3n) is 4.66. The highest BCUT2D eigenvalue weighted by Crippen LogP contribution is 2.33. The Morgan fingerprint density at radius 2 is 2.32 bits per heavy atom. The molecule has 1 saturated heterocycles. The SMILES string of the molecule is CO[C@H]1[C@H]2CC[C@H]1OCCN2C(=O)C1=CCCCC1. The van der Waals surface area contributed by atoms with Gasteiger partial charge in [-0.1, -0.05) is 6.08 Å². The number of amides is 1. The van der Waals surface area contributed by atoms with Crippen molar-refractivity contribution in [1.29, 1.82) is 0 Å². The van der Waals surface area contributed by atoms with Crippen LogP contribution in [0.5, 0.6) is 0 Å². The molecule has 0 radical (unpaired) electrons. The van der Waals surface area contributed by atoms with E-state index in [-0.39, 0.29) is 24.2 Å². The Morgan fingerprint density at radius 1 is 1.42 bits per heavy atom.